The maximum atomic E-state index is 11.9. The summed E-state index contributed by atoms with van der Waals surface area (Å²) in [4.78, 5) is 11.9. The lowest BCUT2D eigenvalue weighted by Gasteiger charge is -2.09. The van der Waals surface area contributed by atoms with Gasteiger partial charge in [0.1, 0.15) is 11.5 Å². The van der Waals surface area contributed by atoms with Crippen LogP contribution in [0.25, 0.3) is 0 Å². The highest BCUT2D eigenvalue weighted by Crippen LogP contribution is 2.21. The summed E-state index contributed by atoms with van der Waals surface area (Å²) in [6.45, 7) is 2.92. The summed E-state index contributed by atoms with van der Waals surface area (Å²) in [7, 11) is 1.62. The molecule has 1 N–H and O–H groups in total. The first kappa shape index (κ1) is 18.1. The average molecular weight is 348 g/mol. The van der Waals surface area contributed by atoms with Gasteiger partial charge in [-0.15, -0.1) is 0 Å². The van der Waals surface area contributed by atoms with Crippen molar-refractivity contribution in [2.75, 3.05) is 13.7 Å². The van der Waals surface area contributed by atoms with Crippen molar-refractivity contribution in [1.29, 1.82) is 0 Å². The van der Waals surface area contributed by atoms with E-state index in [0.29, 0.717) is 26.0 Å². The Kier molecular flexibility index (Phi) is 6.94. The van der Waals surface area contributed by atoms with Gasteiger partial charge in [0, 0.05) is 18.0 Å². The van der Waals surface area contributed by atoms with Crippen molar-refractivity contribution < 1.29 is 14.3 Å². The Morgan fingerprint density at radius 1 is 1.17 bits per heavy atom. The van der Waals surface area contributed by atoms with Crippen molar-refractivity contribution >= 4 is 17.5 Å². The van der Waals surface area contributed by atoms with Crippen LogP contribution < -0.4 is 14.8 Å². The Labute approximate surface area is 147 Å². The molecule has 24 heavy (non-hydrogen) atoms. The zero-order valence-electron chi connectivity index (χ0n) is 14.0. The van der Waals surface area contributed by atoms with Gasteiger partial charge in [0.05, 0.1) is 13.7 Å². The van der Waals surface area contributed by atoms with E-state index in [2.05, 4.69) is 5.32 Å². The van der Waals surface area contributed by atoms with Crippen LogP contribution in [0.5, 0.6) is 11.5 Å². The minimum absolute atomic E-state index is 0.00806. The molecule has 0 radical (unpaired) electrons. The first-order chi connectivity index (χ1) is 11.6. The summed E-state index contributed by atoms with van der Waals surface area (Å²) >= 11 is 5.97. The van der Waals surface area contributed by atoms with Crippen LogP contribution in [0.2, 0.25) is 5.02 Å². The third-order valence-corrected chi connectivity index (χ3v) is 3.99. The molecule has 1 amide bonds. The largest absolute Gasteiger partial charge is 0.497 e. The molecule has 4 nitrogen and oxygen atoms in total. The fraction of sp³-hybridized carbons (Fsp3) is 0.316. The first-order valence-corrected chi connectivity index (χ1v) is 8.25. The molecule has 5 heteroatoms. The number of hydrogen-bond acceptors (Lipinski definition) is 3. The summed E-state index contributed by atoms with van der Waals surface area (Å²) < 4.78 is 10.8. The SMILES string of the molecule is COc1cccc(CNC(=O)CCCOc2ccc(Cl)c(C)c2)c1. The second-order valence-electron chi connectivity index (χ2n) is 5.49. The van der Waals surface area contributed by atoms with Crippen molar-refractivity contribution in [2.24, 2.45) is 0 Å². The van der Waals surface area contributed by atoms with E-state index in [0.717, 1.165) is 27.6 Å². The van der Waals surface area contributed by atoms with Crippen LogP contribution in [-0.4, -0.2) is 19.6 Å². The summed E-state index contributed by atoms with van der Waals surface area (Å²) in [5.41, 5.74) is 1.99. The Morgan fingerprint density at radius 2 is 2.00 bits per heavy atom. The molecule has 0 aliphatic rings. The minimum Gasteiger partial charge on any atom is -0.497 e. The van der Waals surface area contributed by atoms with Gasteiger partial charge in [0.25, 0.3) is 0 Å². The standard InChI is InChI=1S/C19H22ClNO3/c1-14-11-17(8-9-18(14)20)24-10-4-7-19(22)21-13-15-5-3-6-16(12-15)23-2/h3,5-6,8-9,11-12H,4,7,10,13H2,1-2H3,(H,21,22). The molecule has 0 bridgehead atoms. The van der Waals surface area contributed by atoms with E-state index in [1.165, 1.54) is 0 Å². The molecule has 128 valence electrons. The van der Waals surface area contributed by atoms with Crippen molar-refractivity contribution in [3.63, 3.8) is 0 Å². The first-order valence-electron chi connectivity index (χ1n) is 7.87. The molecule has 2 aromatic carbocycles. The number of halogens is 1. The second-order valence-corrected chi connectivity index (χ2v) is 5.90. The van der Waals surface area contributed by atoms with Crippen molar-refractivity contribution in [3.8, 4) is 11.5 Å². The lowest BCUT2D eigenvalue weighted by molar-refractivity contribution is -0.121. The molecule has 0 fully saturated rings. The topological polar surface area (TPSA) is 47.6 Å². The number of methoxy groups -OCH3 is 1. The van der Waals surface area contributed by atoms with Crippen LogP contribution in [0.3, 0.4) is 0 Å². The Bertz CT molecular complexity index is 688. The van der Waals surface area contributed by atoms with Gasteiger partial charge in [-0.1, -0.05) is 23.7 Å². The van der Waals surface area contributed by atoms with Crippen molar-refractivity contribution in [3.05, 3.63) is 58.6 Å². The molecule has 0 heterocycles. The zero-order valence-corrected chi connectivity index (χ0v) is 14.7. The van der Waals surface area contributed by atoms with E-state index >= 15 is 0 Å². The molecular formula is C19H22ClNO3. The molecule has 0 aromatic heterocycles. The number of carbonyl (C=O) groups excluding carboxylic acids is 1. The van der Waals surface area contributed by atoms with Crippen LogP contribution in [0.15, 0.2) is 42.5 Å². The van der Waals surface area contributed by atoms with Gasteiger partial charge in [-0.25, -0.2) is 0 Å². The van der Waals surface area contributed by atoms with E-state index in [-0.39, 0.29) is 5.91 Å². The minimum atomic E-state index is 0.00806. The van der Waals surface area contributed by atoms with Crippen molar-refractivity contribution in [1.82, 2.24) is 5.32 Å². The highest BCUT2D eigenvalue weighted by atomic mass is 35.5. The second kappa shape index (κ2) is 9.18. The summed E-state index contributed by atoms with van der Waals surface area (Å²) in [6, 6.07) is 13.2. The number of rotatable bonds is 8. The highest BCUT2D eigenvalue weighted by Gasteiger charge is 2.03. The van der Waals surface area contributed by atoms with Crippen LogP contribution in [-0.2, 0) is 11.3 Å². The lowest BCUT2D eigenvalue weighted by atomic mass is 10.2. The van der Waals surface area contributed by atoms with E-state index in [1.54, 1.807) is 7.11 Å². The van der Waals surface area contributed by atoms with E-state index < -0.39 is 0 Å². The smallest absolute Gasteiger partial charge is 0.220 e. The monoisotopic (exact) mass is 347 g/mol. The van der Waals surface area contributed by atoms with Gasteiger partial charge in [-0.05, 0) is 54.8 Å². The van der Waals surface area contributed by atoms with Gasteiger partial charge < -0.3 is 14.8 Å². The van der Waals surface area contributed by atoms with Gasteiger partial charge in [0.15, 0.2) is 0 Å². The molecule has 2 aromatic rings. The Hall–Kier alpha value is -2.20. The fourth-order valence-corrected chi connectivity index (χ4v) is 2.32. The van der Waals surface area contributed by atoms with E-state index in [9.17, 15) is 4.79 Å². The van der Waals surface area contributed by atoms with Crippen LogP contribution >= 0.6 is 11.6 Å². The van der Waals surface area contributed by atoms with Crippen LogP contribution in [0.1, 0.15) is 24.0 Å². The zero-order chi connectivity index (χ0) is 17.4. The normalized spacial score (nSPS) is 10.3. The quantitative estimate of drug-likeness (QED) is 0.730. The third-order valence-electron chi connectivity index (χ3n) is 3.57. The van der Waals surface area contributed by atoms with Gasteiger partial charge in [-0.2, -0.15) is 0 Å². The number of benzene rings is 2. The van der Waals surface area contributed by atoms with Gasteiger partial charge in [-0.3, -0.25) is 4.79 Å². The third kappa shape index (κ3) is 5.78. The number of ether oxygens (including phenoxy) is 2. The maximum Gasteiger partial charge on any atom is 0.220 e. The number of nitrogens with one attached hydrogen (secondary N) is 1. The molecule has 0 aliphatic carbocycles. The number of amides is 1. The highest BCUT2D eigenvalue weighted by molar-refractivity contribution is 6.31. The van der Waals surface area contributed by atoms with Crippen LogP contribution in [0.4, 0.5) is 0 Å². The number of hydrogen-bond donors (Lipinski definition) is 1. The van der Waals surface area contributed by atoms with E-state index in [4.69, 9.17) is 21.1 Å². The molecule has 0 saturated heterocycles. The predicted molar refractivity (Wildman–Crippen MR) is 95.8 cm³/mol. The maximum absolute atomic E-state index is 11.9. The summed E-state index contributed by atoms with van der Waals surface area (Å²) in [6.07, 6.45) is 1.09. The number of carbonyl (C=O) groups is 1. The molecule has 0 spiro atoms. The van der Waals surface area contributed by atoms with Gasteiger partial charge in [0.2, 0.25) is 5.91 Å². The predicted octanol–water partition coefficient (Wildman–Crippen LogP) is 4.13. The molecule has 0 saturated carbocycles. The summed E-state index contributed by atoms with van der Waals surface area (Å²) in [5, 5.41) is 3.62. The van der Waals surface area contributed by atoms with Gasteiger partial charge >= 0.3 is 0 Å². The molecule has 0 unspecified atom stereocenters. The molecular weight excluding hydrogens is 326 g/mol. The summed E-state index contributed by atoms with van der Waals surface area (Å²) in [5.74, 6) is 1.57. The average Bonchev–Trinajstić information content (AvgIpc) is 2.60. The van der Waals surface area contributed by atoms with E-state index in [1.807, 2.05) is 49.4 Å². The molecule has 0 atom stereocenters. The Morgan fingerprint density at radius 3 is 2.75 bits per heavy atom. The number of aryl methyl sites for hydroxylation is 1. The molecule has 2 rings (SSSR count). The van der Waals surface area contributed by atoms with Crippen LogP contribution in [0, 0.1) is 6.92 Å². The molecule has 0 aliphatic heterocycles. The van der Waals surface area contributed by atoms with Crippen molar-refractivity contribution in [2.45, 2.75) is 26.3 Å². The fourth-order valence-electron chi connectivity index (χ4n) is 2.20. The lowest BCUT2D eigenvalue weighted by Crippen LogP contribution is -2.23. The Balaban J connectivity index is 1.66.